The number of carboxylic acid groups (broad SMARTS) is 2. The molecule has 29 heavy (non-hydrogen) atoms. The van der Waals surface area contributed by atoms with Crippen LogP contribution >= 0.6 is 0 Å². The SMILES string of the molecule is C=CCOC1C[C@@H](C(=O)O)N(C(=O)[C@H](C)NC(CCc2ccccc2)C(=O)O)C1. The van der Waals surface area contributed by atoms with Gasteiger partial charge in [-0.15, -0.1) is 6.58 Å². The highest BCUT2D eigenvalue weighted by molar-refractivity contribution is 5.88. The van der Waals surface area contributed by atoms with Gasteiger partial charge in [-0.1, -0.05) is 36.4 Å². The van der Waals surface area contributed by atoms with Gasteiger partial charge < -0.3 is 19.8 Å². The van der Waals surface area contributed by atoms with Crippen LogP contribution in [0.1, 0.15) is 25.3 Å². The zero-order chi connectivity index (χ0) is 21.4. The number of carboxylic acids is 2. The molecule has 1 fully saturated rings. The molecular weight excluding hydrogens is 376 g/mol. The quantitative estimate of drug-likeness (QED) is 0.476. The number of likely N-dealkylation sites (tertiary alicyclic amines) is 1. The Hall–Kier alpha value is -2.71. The number of benzene rings is 1. The maximum absolute atomic E-state index is 12.8. The number of aliphatic carboxylic acids is 2. The second-order valence-electron chi connectivity index (χ2n) is 7.13. The van der Waals surface area contributed by atoms with E-state index in [1.807, 2.05) is 30.3 Å². The minimum Gasteiger partial charge on any atom is -0.480 e. The van der Waals surface area contributed by atoms with Gasteiger partial charge in [0.15, 0.2) is 0 Å². The number of amides is 1. The van der Waals surface area contributed by atoms with E-state index >= 15 is 0 Å². The van der Waals surface area contributed by atoms with Crippen molar-refractivity contribution in [3.8, 4) is 0 Å². The Balaban J connectivity index is 1.99. The van der Waals surface area contributed by atoms with Gasteiger partial charge in [-0.05, 0) is 25.3 Å². The van der Waals surface area contributed by atoms with E-state index in [9.17, 15) is 24.6 Å². The van der Waals surface area contributed by atoms with Crippen molar-refractivity contribution in [1.29, 1.82) is 0 Å². The van der Waals surface area contributed by atoms with Crippen LogP contribution in [0.15, 0.2) is 43.0 Å². The van der Waals surface area contributed by atoms with E-state index in [1.54, 1.807) is 13.0 Å². The molecule has 2 rings (SSSR count). The number of rotatable bonds is 11. The molecule has 4 atom stereocenters. The molecule has 158 valence electrons. The number of carbonyl (C=O) groups excluding carboxylic acids is 1. The van der Waals surface area contributed by atoms with E-state index in [4.69, 9.17) is 4.74 Å². The Kier molecular flexibility index (Phi) is 8.35. The van der Waals surface area contributed by atoms with Gasteiger partial charge in [0, 0.05) is 13.0 Å². The third-order valence-corrected chi connectivity index (χ3v) is 4.96. The lowest BCUT2D eigenvalue weighted by molar-refractivity contribution is -0.149. The van der Waals surface area contributed by atoms with E-state index < -0.39 is 42.1 Å². The molecule has 1 amide bonds. The van der Waals surface area contributed by atoms with Gasteiger partial charge in [-0.25, -0.2) is 4.79 Å². The second kappa shape index (κ2) is 10.7. The number of hydrogen-bond acceptors (Lipinski definition) is 5. The van der Waals surface area contributed by atoms with Crippen LogP contribution in [0.4, 0.5) is 0 Å². The normalized spacial score (nSPS) is 20.8. The smallest absolute Gasteiger partial charge is 0.326 e. The first-order valence-corrected chi connectivity index (χ1v) is 9.62. The van der Waals surface area contributed by atoms with Crippen molar-refractivity contribution in [2.24, 2.45) is 0 Å². The molecule has 8 heteroatoms. The minimum absolute atomic E-state index is 0.150. The van der Waals surface area contributed by atoms with E-state index in [2.05, 4.69) is 11.9 Å². The third-order valence-electron chi connectivity index (χ3n) is 4.96. The molecule has 0 spiro atoms. The van der Waals surface area contributed by atoms with Gasteiger partial charge in [-0.2, -0.15) is 0 Å². The summed E-state index contributed by atoms with van der Waals surface area (Å²) >= 11 is 0. The van der Waals surface area contributed by atoms with Crippen LogP contribution in [0.5, 0.6) is 0 Å². The molecule has 0 saturated carbocycles. The van der Waals surface area contributed by atoms with Crippen LogP contribution in [-0.4, -0.2) is 70.3 Å². The zero-order valence-electron chi connectivity index (χ0n) is 16.5. The number of hydrogen-bond donors (Lipinski definition) is 3. The predicted molar refractivity (Wildman–Crippen MR) is 106 cm³/mol. The van der Waals surface area contributed by atoms with Crippen molar-refractivity contribution in [3.05, 3.63) is 48.6 Å². The fraction of sp³-hybridized carbons (Fsp3) is 0.476. The summed E-state index contributed by atoms with van der Waals surface area (Å²) < 4.78 is 5.51. The largest absolute Gasteiger partial charge is 0.480 e. The number of nitrogens with one attached hydrogen (secondary N) is 1. The maximum atomic E-state index is 12.8. The Morgan fingerprint density at radius 1 is 1.31 bits per heavy atom. The van der Waals surface area contributed by atoms with Crippen molar-refractivity contribution in [1.82, 2.24) is 10.2 Å². The summed E-state index contributed by atoms with van der Waals surface area (Å²) in [6.07, 6.45) is 2.22. The third kappa shape index (κ3) is 6.40. The molecule has 1 saturated heterocycles. The van der Waals surface area contributed by atoms with Crippen LogP contribution in [0.2, 0.25) is 0 Å². The number of nitrogens with zero attached hydrogens (tertiary/aromatic N) is 1. The van der Waals surface area contributed by atoms with Crippen molar-refractivity contribution < 1.29 is 29.3 Å². The molecular formula is C21H28N2O6. The Morgan fingerprint density at radius 2 is 2.00 bits per heavy atom. The van der Waals surface area contributed by atoms with Gasteiger partial charge in [0.2, 0.25) is 5.91 Å². The molecule has 1 aliphatic heterocycles. The topological polar surface area (TPSA) is 116 Å². The first kappa shape index (κ1) is 22.6. The number of carbonyl (C=O) groups is 3. The van der Waals surface area contributed by atoms with Crippen LogP contribution in [0, 0.1) is 0 Å². The molecule has 1 aliphatic rings. The lowest BCUT2D eigenvalue weighted by Crippen LogP contribution is -2.53. The van der Waals surface area contributed by atoms with Crippen LogP contribution in [0.25, 0.3) is 0 Å². The van der Waals surface area contributed by atoms with Crippen LogP contribution in [-0.2, 0) is 25.5 Å². The van der Waals surface area contributed by atoms with Gasteiger partial charge in [-0.3, -0.25) is 14.9 Å². The highest BCUT2D eigenvalue weighted by atomic mass is 16.5. The van der Waals surface area contributed by atoms with Crippen LogP contribution in [0.3, 0.4) is 0 Å². The van der Waals surface area contributed by atoms with E-state index in [0.717, 1.165) is 5.56 Å². The fourth-order valence-electron chi connectivity index (χ4n) is 3.46. The molecule has 1 heterocycles. The van der Waals surface area contributed by atoms with E-state index in [-0.39, 0.29) is 19.6 Å². The average Bonchev–Trinajstić information content (AvgIpc) is 3.13. The lowest BCUT2D eigenvalue weighted by Gasteiger charge is -2.27. The molecule has 1 aromatic rings. The molecule has 0 aromatic heterocycles. The Morgan fingerprint density at radius 3 is 2.59 bits per heavy atom. The predicted octanol–water partition coefficient (Wildman–Crippen LogP) is 1.31. The van der Waals surface area contributed by atoms with E-state index in [1.165, 1.54) is 4.90 Å². The number of aryl methyl sites for hydroxylation is 1. The molecule has 1 aromatic carbocycles. The van der Waals surface area contributed by atoms with Gasteiger partial charge in [0.25, 0.3) is 0 Å². The van der Waals surface area contributed by atoms with E-state index in [0.29, 0.717) is 12.8 Å². The average molecular weight is 404 g/mol. The summed E-state index contributed by atoms with van der Waals surface area (Å²) in [5.74, 6) is -2.61. The summed E-state index contributed by atoms with van der Waals surface area (Å²) in [6.45, 7) is 5.53. The summed E-state index contributed by atoms with van der Waals surface area (Å²) in [6, 6.07) is 6.73. The monoisotopic (exact) mass is 404 g/mol. The summed E-state index contributed by atoms with van der Waals surface area (Å²) in [5, 5.41) is 21.8. The number of ether oxygens (including phenoxy) is 1. The van der Waals surface area contributed by atoms with Crippen molar-refractivity contribution in [2.75, 3.05) is 13.2 Å². The second-order valence-corrected chi connectivity index (χ2v) is 7.13. The standard InChI is InChI=1S/C21H28N2O6/c1-3-11-29-16-12-18(21(27)28)23(13-16)19(24)14(2)22-17(20(25)26)10-9-15-7-5-4-6-8-15/h3-8,14,16-18,22H,1,9-13H2,2H3,(H,25,26)(H,27,28)/t14-,16?,17?,18-/m0/s1. The highest BCUT2D eigenvalue weighted by Crippen LogP contribution is 2.22. The Labute approximate surface area is 170 Å². The van der Waals surface area contributed by atoms with Gasteiger partial charge in [0.05, 0.1) is 18.8 Å². The first-order chi connectivity index (χ1) is 13.8. The Bertz CT molecular complexity index is 723. The van der Waals surface area contributed by atoms with Gasteiger partial charge in [0.1, 0.15) is 12.1 Å². The summed E-state index contributed by atoms with van der Waals surface area (Å²) in [5.41, 5.74) is 1.01. The van der Waals surface area contributed by atoms with Crippen molar-refractivity contribution >= 4 is 17.8 Å². The molecule has 8 nitrogen and oxygen atoms in total. The van der Waals surface area contributed by atoms with Crippen molar-refractivity contribution in [2.45, 2.75) is 50.4 Å². The van der Waals surface area contributed by atoms with Crippen LogP contribution < -0.4 is 5.32 Å². The van der Waals surface area contributed by atoms with Crippen molar-refractivity contribution in [3.63, 3.8) is 0 Å². The zero-order valence-corrected chi connectivity index (χ0v) is 16.5. The first-order valence-electron chi connectivity index (χ1n) is 9.62. The minimum atomic E-state index is -1.10. The molecule has 0 radical (unpaired) electrons. The molecule has 2 unspecified atom stereocenters. The summed E-state index contributed by atoms with van der Waals surface area (Å²) in [4.78, 5) is 37.3. The fourth-order valence-corrected chi connectivity index (χ4v) is 3.46. The van der Waals surface area contributed by atoms with Gasteiger partial charge >= 0.3 is 11.9 Å². The maximum Gasteiger partial charge on any atom is 0.326 e. The molecule has 0 bridgehead atoms. The summed E-state index contributed by atoms with van der Waals surface area (Å²) in [7, 11) is 0. The molecule has 3 N–H and O–H groups in total. The molecule has 0 aliphatic carbocycles. The lowest BCUT2D eigenvalue weighted by atomic mass is 10.0. The highest BCUT2D eigenvalue weighted by Gasteiger charge is 2.41.